The Morgan fingerprint density at radius 1 is 1.06 bits per heavy atom. The van der Waals surface area contributed by atoms with E-state index in [-0.39, 0.29) is 18.1 Å². The predicted octanol–water partition coefficient (Wildman–Crippen LogP) is 4.06. The zero-order valence-corrected chi connectivity index (χ0v) is 21.2. The van der Waals surface area contributed by atoms with Gasteiger partial charge in [-0.2, -0.15) is 12.8 Å². The SMILES string of the molecule is CC(C)(C)NS(=O)(=O)c1ccccc1-c1ccc(OC2COCC2N=S(=O)=O)cc1.CCC. The van der Waals surface area contributed by atoms with Crippen molar-refractivity contribution in [1.29, 1.82) is 0 Å². The van der Waals surface area contributed by atoms with E-state index in [2.05, 4.69) is 22.9 Å². The van der Waals surface area contributed by atoms with E-state index in [1.807, 2.05) is 0 Å². The highest BCUT2D eigenvalue weighted by Gasteiger charge is 2.30. The van der Waals surface area contributed by atoms with Crippen LogP contribution in [0.15, 0.2) is 57.8 Å². The van der Waals surface area contributed by atoms with E-state index in [1.54, 1.807) is 69.3 Å². The summed E-state index contributed by atoms with van der Waals surface area (Å²) in [6, 6.07) is 13.1. The summed E-state index contributed by atoms with van der Waals surface area (Å²) in [6.45, 7) is 10.0. The molecule has 182 valence electrons. The Balaban J connectivity index is 0.00000122. The number of hydrogen-bond acceptors (Lipinski definition) is 7. The highest BCUT2D eigenvalue weighted by atomic mass is 32.2. The Hall–Kier alpha value is -2.27. The fourth-order valence-corrected chi connectivity index (χ4v) is 5.20. The molecule has 0 bridgehead atoms. The lowest BCUT2D eigenvalue weighted by molar-refractivity contribution is 0.140. The van der Waals surface area contributed by atoms with Crippen molar-refractivity contribution in [3.05, 3.63) is 48.5 Å². The Morgan fingerprint density at radius 3 is 2.24 bits per heavy atom. The van der Waals surface area contributed by atoms with Crippen molar-refractivity contribution < 1.29 is 26.3 Å². The number of sulfonamides is 1. The van der Waals surface area contributed by atoms with E-state index >= 15 is 0 Å². The van der Waals surface area contributed by atoms with Crippen LogP contribution in [0.3, 0.4) is 0 Å². The molecule has 0 aliphatic carbocycles. The van der Waals surface area contributed by atoms with Gasteiger partial charge in [-0.25, -0.2) is 13.1 Å². The second-order valence-electron chi connectivity index (χ2n) is 8.67. The van der Waals surface area contributed by atoms with Gasteiger partial charge in [-0.3, -0.25) is 0 Å². The fraction of sp³-hybridized carbons (Fsp3) is 0.478. The van der Waals surface area contributed by atoms with Gasteiger partial charge < -0.3 is 9.47 Å². The van der Waals surface area contributed by atoms with Crippen molar-refractivity contribution in [2.24, 2.45) is 4.36 Å². The standard InChI is InChI=1S/C20H24N2O6S2.C3H8/c1-20(2,3)22-30(25,26)19-7-5-4-6-16(19)14-8-10-15(11-9-14)28-18-13-27-12-17(18)21-29(23)24;1-3-2/h4-11,17-18,22H,12-13H2,1-3H3;3H2,1-2H3. The first-order valence-electron chi connectivity index (χ1n) is 10.7. The molecule has 0 saturated carbocycles. The van der Waals surface area contributed by atoms with Crippen LogP contribution in [0.25, 0.3) is 11.1 Å². The van der Waals surface area contributed by atoms with Gasteiger partial charge in [0.15, 0.2) is 0 Å². The summed E-state index contributed by atoms with van der Waals surface area (Å²) in [7, 11) is -6.24. The largest absolute Gasteiger partial charge is 0.486 e. The maximum Gasteiger partial charge on any atom is 0.311 e. The monoisotopic (exact) mass is 496 g/mol. The van der Waals surface area contributed by atoms with E-state index in [4.69, 9.17) is 9.47 Å². The minimum Gasteiger partial charge on any atom is -0.486 e. The molecule has 0 radical (unpaired) electrons. The molecular weight excluding hydrogens is 464 g/mol. The predicted molar refractivity (Wildman–Crippen MR) is 128 cm³/mol. The number of nitrogens with one attached hydrogen (secondary N) is 1. The Kier molecular flexibility index (Phi) is 9.59. The summed E-state index contributed by atoms with van der Waals surface area (Å²) in [6.07, 6.45) is 0.748. The van der Waals surface area contributed by atoms with Crippen molar-refractivity contribution >= 4 is 20.5 Å². The van der Waals surface area contributed by atoms with Crippen LogP contribution in [-0.4, -0.2) is 47.7 Å². The van der Waals surface area contributed by atoms with Gasteiger partial charge in [0.25, 0.3) is 0 Å². The van der Waals surface area contributed by atoms with Gasteiger partial charge in [0.1, 0.15) is 17.9 Å². The topological polar surface area (TPSA) is 111 Å². The minimum atomic E-state index is -3.71. The Bertz CT molecular complexity index is 1150. The van der Waals surface area contributed by atoms with Gasteiger partial charge in [-0.1, -0.05) is 50.6 Å². The minimum absolute atomic E-state index is 0.183. The van der Waals surface area contributed by atoms with Crippen molar-refractivity contribution in [2.45, 2.75) is 63.6 Å². The molecule has 2 aromatic carbocycles. The summed E-state index contributed by atoms with van der Waals surface area (Å²) in [5, 5.41) is 0. The maximum absolute atomic E-state index is 12.9. The van der Waals surface area contributed by atoms with E-state index in [0.29, 0.717) is 16.9 Å². The molecule has 1 heterocycles. The second-order valence-corrected chi connectivity index (χ2v) is 11.0. The van der Waals surface area contributed by atoms with Gasteiger partial charge >= 0.3 is 10.5 Å². The van der Waals surface area contributed by atoms with Crippen molar-refractivity contribution in [1.82, 2.24) is 4.72 Å². The van der Waals surface area contributed by atoms with Crippen molar-refractivity contribution in [2.75, 3.05) is 13.2 Å². The fourth-order valence-electron chi connectivity index (χ4n) is 3.13. The van der Waals surface area contributed by atoms with Gasteiger partial charge in [-0.05, 0) is 44.5 Å². The molecule has 33 heavy (non-hydrogen) atoms. The number of hydrogen-bond donors (Lipinski definition) is 1. The zero-order chi connectivity index (χ0) is 24.6. The van der Waals surface area contributed by atoms with E-state index in [9.17, 15) is 16.8 Å². The summed E-state index contributed by atoms with van der Waals surface area (Å²) in [5.74, 6) is 0.513. The highest BCUT2D eigenvalue weighted by molar-refractivity contribution is 7.89. The van der Waals surface area contributed by atoms with Gasteiger partial charge in [0.05, 0.1) is 18.1 Å². The van der Waals surface area contributed by atoms with Crippen LogP contribution in [0, 0.1) is 0 Å². The number of rotatable bonds is 6. The molecule has 10 heteroatoms. The average Bonchev–Trinajstić information content (AvgIpc) is 3.13. The lowest BCUT2D eigenvalue weighted by Crippen LogP contribution is -2.40. The molecule has 2 unspecified atom stereocenters. The van der Waals surface area contributed by atoms with Crippen molar-refractivity contribution in [3.63, 3.8) is 0 Å². The molecule has 1 aliphatic heterocycles. The zero-order valence-electron chi connectivity index (χ0n) is 19.6. The van der Waals surface area contributed by atoms with E-state index < -0.39 is 38.2 Å². The smallest absolute Gasteiger partial charge is 0.311 e. The molecule has 1 fully saturated rings. The third kappa shape index (κ3) is 8.22. The molecule has 8 nitrogen and oxygen atoms in total. The maximum atomic E-state index is 12.9. The first-order valence-corrected chi connectivity index (χ1v) is 13.3. The van der Waals surface area contributed by atoms with Gasteiger partial charge in [0.2, 0.25) is 10.0 Å². The third-order valence-corrected chi connectivity index (χ3v) is 6.55. The third-order valence-electron chi connectivity index (χ3n) is 4.29. The normalized spacial score (nSPS) is 18.2. The number of ether oxygens (including phenoxy) is 2. The Morgan fingerprint density at radius 2 is 1.67 bits per heavy atom. The van der Waals surface area contributed by atoms with E-state index in [0.717, 1.165) is 0 Å². The lowest BCUT2D eigenvalue weighted by atomic mass is 10.1. The first kappa shape index (κ1) is 27.0. The molecule has 0 aromatic heterocycles. The average molecular weight is 497 g/mol. The second kappa shape index (κ2) is 11.7. The molecule has 3 rings (SSSR count). The van der Waals surface area contributed by atoms with Crippen LogP contribution in [0.2, 0.25) is 0 Å². The van der Waals surface area contributed by atoms with Crippen LogP contribution in [-0.2, 0) is 25.3 Å². The first-order chi connectivity index (χ1) is 15.5. The summed E-state index contributed by atoms with van der Waals surface area (Å²) in [4.78, 5) is 0.189. The molecular formula is C23H32N2O6S2. The molecule has 1 aliphatic rings. The molecule has 1 N–H and O–H groups in total. The van der Waals surface area contributed by atoms with Gasteiger partial charge in [-0.15, -0.1) is 0 Å². The summed E-state index contributed by atoms with van der Waals surface area (Å²) < 4.78 is 64.7. The van der Waals surface area contributed by atoms with Crippen LogP contribution in [0.1, 0.15) is 41.0 Å². The highest BCUT2D eigenvalue weighted by Crippen LogP contribution is 2.30. The molecule has 2 aromatic rings. The summed E-state index contributed by atoms with van der Waals surface area (Å²) >= 11 is 0. The van der Waals surface area contributed by atoms with E-state index in [1.165, 1.54) is 6.42 Å². The lowest BCUT2D eigenvalue weighted by Gasteiger charge is -2.21. The van der Waals surface area contributed by atoms with Crippen LogP contribution in [0.5, 0.6) is 5.75 Å². The molecule has 0 amide bonds. The Labute approximate surface area is 198 Å². The number of nitrogens with zero attached hydrogens (tertiary/aromatic N) is 1. The number of benzene rings is 2. The quantitative estimate of drug-likeness (QED) is 0.646. The van der Waals surface area contributed by atoms with Gasteiger partial charge in [0, 0.05) is 11.1 Å². The molecule has 2 atom stereocenters. The molecule has 1 saturated heterocycles. The molecule has 0 spiro atoms. The van der Waals surface area contributed by atoms with Crippen LogP contribution >= 0.6 is 0 Å². The van der Waals surface area contributed by atoms with Crippen LogP contribution in [0.4, 0.5) is 0 Å². The van der Waals surface area contributed by atoms with Crippen LogP contribution < -0.4 is 9.46 Å². The summed E-state index contributed by atoms with van der Waals surface area (Å²) in [5.41, 5.74) is 0.670. The van der Waals surface area contributed by atoms with Crippen molar-refractivity contribution in [3.8, 4) is 16.9 Å².